The fraction of sp³-hybridized carbons (Fsp3) is 0.773. The molecular formula is C22H41KO6. The monoisotopic (exact) mass is 440 g/mol. The van der Waals surface area contributed by atoms with Crippen LogP contribution in [-0.4, -0.2) is 84.6 Å². The van der Waals surface area contributed by atoms with E-state index in [4.69, 9.17) is 15.3 Å². The maximum absolute atomic E-state index is 10.3. The molecule has 0 fully saturated rings. The molecule has 3 N–H and O–H groups in total. The van der Waals surface area contributed by atoms with Gasteiger partial charge < -0.3 is 15.3 Å². The second kappa shape index (κ2) is 27.8. The van der Waals surface area contributed by atoms with Crippen molar-refractivity contribution in [3.05, 3.63) is 12.2 Å². The Bertz CT molecular complexity index is 408. The summed E-state index contributed by atoms with van der Waals surface area (Å²) >= 11 is 0. The van der Waals surface area contributed by atoms with Crippen molar-refractivity contribution in [1.29, 1.82) is 0 Å². The number of rotatable bonds is 18. The summed E-state index contributed by atoms with van der Waals surface area (Å²) in [6.45, 7) is 2.27. The summed E-state index contributed by atoms with van der Waals surface area (Å²) in [5.41, 5.74) is 0. The van der Waals surface area contributed by atoms with Gasteiger partial charge in [0.15, 0.2) is 0 Å². The summed E-state index contributed by atoms with van der Waals surface area (Å²) in [6.07, 6.45) is 21.3. The molecule has 6 nitrogen and oxygen atoms in total. The molecule has 0 bridgehead atoms. The van der Waals surface area contributed by atoms with Crippen molar-refractivity contribution in [1.82, 2.24) is 0 Å². The van der Waals surface area contributed by atoms with Crippen LogP contribution in [0, 0.1) is 0 Å². The van der Waals surface area contributed by atoms with E-state index in [-0.39, 0.29) is 51.4 Å². The Labute approximate surface area is 219 Å². The van der Waals surface area contributed by atoms with Crippen LogP contribution in [0.25, 0.3) is 0 Å². The van der Waals surface area contributed by atoms with Crippen molar-refractivity contribution in [3.63, 3.8) is 0 Å². The van der Waals surface area contributed by atoms with E-state index in [0.717, 1.165) is 12.8 Å². The topological polar surface area (TPSA) is 112 Å². The number of hydrogen-bond donors (Lipinski definition) is 3. The number of hydrogen-bond acceptors (Lipinski definition) is 3. The van der Waals surface area contributed by atoms with Gasteiger partial charge in [0.25, 0.3) is 0 Å². The van der Waals surface area contributed by atoms with Crippen LogP contribution in [0.15, 0.2) is 12.2 Å². The first-order valence-corrected chi connectivity index (χ1v) is 10.8. The zero-order chi connectivity index (χ0) is 21.5. The zero-order valence-corrected chi connectivity index (χ0v) is 17.5. The molecule has 0 rings (SSSR count). The van der Waals surface area contributed by atoms with Gasteiger partial charge in [0.2, 0.25) is 0 Å². The van der Waals surface area contributed by atoms with Gasteiger partial charge in [0.05, 0.1) is 0 Å². The Morgan fingerprint density at radius 2 is 0.828 bits per heavy atom. The molecule has 0 aliphatic heterocycles. The van der Waals surface area contributed by atoms with Crippen LogP contribution in [-0.2, 0) is 14.4 Å². The number of carboxylic acid groups (broad SMARTS) is 3. The molecule has 0 atom stereocenters. The van der Waals surface area contributed by atoms with Gasteiger partial charge in [-0.15, -0.1) is 0 Å². The van der Waals surface area contributed by atoms with Gasteiger partial charge in [-0.05, 0) is 6.42 Å². The molecule has 0 spiro atoms. The first-order valence-electron chi connectivity index (χ1n) is 10.8. The van der Waals surface area contributed by atoms with E-state index < -0.39 is 17.9 Å². The molecule has 0 amide bonds. The molecule has 0 aliphatic rings. The van der Waals surface area contributed by atoms with Crippen LogP contribution >= 0.6 is 0 Å². The van der Waals surface area contributed by atoms with Crippen molar-refractivity contribution >= 4 is 69.3 Å². The van der Waals surface area contributed by atoms with Crippen LogP contribution in [0.2, 0.25) is 0 Å². The van der Waals surface area contributed by atoms with Crippen molar-refractivity contribution in [2.45, 2.75) is 110 Å². The third kappa shape index (κ3) is 38.9. The van der Waals surface area contributed by atoms with Crippen LogP contribution in [0.3, 0.4) is 0 Å². The van der Waals surface area contributed by atoms with E-state index in [1.165, 1.54) is 83.5 Å². The van der Waals surface area contributed by atoms with E-state index >= 15 is 0 Å². The van der Waals surface area contributed by atoms with Crippen molar-refractivity contribution in [2.75, 3.05) is 0 Å². The normalized spacial score (nSPS) is 10.1. The number of aliphatic carboxylic acids is 3. The Morgan fingerprint density at radius 3 is 1.07 bits per heavy atom. The van der Waals surface area contributed by atoms with Crippen LogP contribution in [0.4, 0.5) is 0 Å². The Balaban J connectivity index is -0.000000636. The predicted molar refractivity (Wildman–Crippen MR) is 119 cm³/mol. The van der Waals surface area contributed by atoms with Gasteiger partial charge >= 0.3 is 69.3 Å². The summed E-state index contributed by atoms with van der Waals surface area (Å²) in [5.74, 6) is -3.17. The Morgan fingerprint density at radius 1 is 0.552 bits per heavy atom. The molecule has 0 aliphatic carbocycles. The van der Waals surface area contributed by atoms with E-state index in [2.05, 4.69) is 6.92 Å². The average molecular weight is 441 g/mol. The van der Waals surface area contributed by atoms with E-state index in [0.29, 0.717) is 18.6 Å². The SMILES string of the molecule is CCCCCCCCCCCCCCCCCC(=O)O.O=C(O)/C=C/C(=O)O.[KH]. The number of carboxylic acids is 3. The summed E-state index contributed by atoms with van der Waals surface area (Å²) in [7, 11) is 0. The summed E-state index contributed by atoms with van der Waals surface area (Å²) < 4.78 is 0. The minimum atomic E-state index is -1.26. The first-order chi connectivity index (χ1) is 13.4. The number of unbranched alkanes of at least 4 members (excludes halogenated alkanes) is 14. The van der Waals surface area contributed by atoms with Gasteiger partial charge in [0.1, 0.15) is 0 Å². The molecular weight excluding hydrogens is 399 g/mol. The maximum atomic E-state index is 10.3. The predicted octanol–water partition coefficient (Wildman–Crippen LogP) is 5.40. The summed E-state index contributed by atoms with van der Waals surface area (Å²) in [6, 6.07) is 0. The molecule has 0 aromatic carbocycles. The molecule has 0 aromatic heterocycles. The van der Waals surface area contributed by atoms with E-state index in [1.54, 1.807) is 0 Å². The molecule has 0 unspecified atom stereocenters. The Hall–Kier alpha value is -0.214. The fourth-order valence-electron chi connectivity index (χ4n) is 2.79. The summed E-state index contributed by atoms with van der Waals surface area (Å²) in [5, 5.41) is 24.1. The quantitative estimate of drug-likeness (QED) is 0.149. The molecule has 0 saturated heterocycles. The van der Waals surface area contributed by atoms with Crippen molar-refractivity contribution < 1.29 is 29.7 Å². The van der Waals surface area contributed by atoms with Gasteiger partial charge in [-0.2, -0.15) is 0 Å². The Kier molecular flexibility index (Phi) is 32.0. The van der Waals surface area contributed by atoms with Crippen LogP contribution < -0.4 is 0 Å². The third-order valence-electron chi connectivity index (χ3n) is 4.36. The van der Waals surface area contributed by atoms with Gasteiger partial charge in [-0.25, -0.2) is 9.59 Å². The average Bonchev–Trinajstić information content (AvgIpc) is 2.63. The second-order valence-electron chi connectivity index (χ2n) is 7.10. The molecule has 166 valence electrons. The molecule has 0 aromatic rings. The fourth-order valence-corrected chi connectivity index (χ4v) is 2.79. The van der Waals surface area contributed by atoms with E-state index in [1.807, 2.05) is 0 Å². The molecule has 0 heterocycles. The molecule has 29 heavy (non-hydrogen) atoms. The number of carbonyl (C=O) groups is 3. The van der Waals surface area contributed by atoms with Crippen molar-refractivity contribution in [2.24, 2.45) is 0 Å². The van der Waals surface area contributed by atoms with E-state index in [9.17, 15) is 14.4 Å². The zero-order valence-electron chi connectivity index (χ0n) is 17.5. The molecule has 0 radical (unpaired) electrons. The summed E-state index contributed by atoms with van der Waals surface area (Å²) in [4.78, 5) is 29.4. The minimum absolute atomic E-state index is 0. The third-order valence-corrected chi connectivity index (χ3v) is 4.36. The standard InChI is InChI=1S/C18H36O2.C4H4O4.K.H/c1-2-3-4-5-6-7-8-9-10-11-12-13-14-15-16-17-18(19)20;5-3(6)1-2-4(7)8;;/h2-17H2,1H3,(H,19,20);1-2H,(H,5,6)(H,7,8);;/b;2-1+;;. The van der Waals surface area contributed by atoms with Gasteiger partial charge in [-0.1, -0.05) is 96.8 Å². The molecule has 0 saturated carbocycles. The van der Waals surface area contributed by atoms with Crippen LogP contribution in [0.5, 0.6) is 0 Å². The first kappa shape index (κ1) is 33.4. The van der Waals surface area contributed by atoms with Gasteiger partial charge in [0, 0.05) is 18.6 Å². The van der Waals surface area contributed by atoms with Crippen molar-refractivity contribution in [3.8, 4) is 0 Å². The van der Waals surface area contributed by atoms with Gasteiger partial charge in [-0.3, -0.25) is 4.79 Å². The van der Waals surface area contributed by atoms with Crippen LogP contribution in [0.1, 0.15) is 110 Å². The second-order valence-corrected chi connectivity index (χ2v) is 7.10. The molecule has 7 heteroatoms.